The second kappa shape index (κ2) is 4.94. The molecule has 2 nitrogen and oxygen atoms in total. The van der Waals surface area contributed by atoms with Crippen molar-refractivity contribution in [1.29, 1.82) is 0 Å². The molecule has 0 aromatic carbocycles. The summed E-state index contributed by atoms with van der Waals surface area (Å²) in [5, 5.41) is 8.05. The van der Waals surface area contributed by atoms with E-state index < -0.39 is 4.52 Å². The summed E-state index contributed by atoms with van der Waals surface area (Å²) in [4.78, 5) is 0. The molecule has 0 radical (unpaired) electrons. The number of rotatable bonds is 0. The smallest absolute Gasteiger partial charge is 0.212 e. The molecular weight excluding hydrogens is 162 g/mol. The first-order chi connectivity index (χ1) is 2.00. The molecule has 0 fully saturated rings. The van der Waals surface area contributed by atoms with E-state index in [9.17, 15) is 0 Å². The average molecular weight is 169 g/mol. The lowest BCUT2D eigenvalue weighted by atomic mass is 10.9. The second-order valence-electron chi connectivity index (χ2n) is 0.842. The van der Waals surface area contributed by atoms with Gasteiger partial charge in [0.05, 0.1) is 0 Å². The van der Waals surface area contributed by atoms with Gasteiger partial charge in [0.2, 0.25) is 4.52 Å². The Morgan fingerprint density at radius 3 is 1.43 bits per heavy atom. The molecule has 0 aliphatic heterocycles. The summed E-state index contributed by atoms with van der Waals surface area (Å²) in [5.41, 5.74) is 0. The standard InChI is InChI=1S/C2H4Cl2O.ClH.H2O/c1-2(3,4)5;;/h5H,1H3;1H;1H2. The largest absolute Gasteiger partial charge is 0.412 e. The number of halogens is 3. The monoisotopic (exact) mass is 168 g/mol. The third-order valence-corrected chi connectivity index (χ3v) is 0. The van der Waals surface area contributed by atoms with Crippen molar-refractivity contribution in [2.24, 2.45) is 0 Å². The van der Waals surface area contributed by atoms with Crippen molar-refractivity contribution in [3.8, 4) is 0 Å². The van der Waals surface area contributed by atoms with Crippen LogP contribution < -0.4 is 0 Å². The van der Waals surface area contributed by atoms with Gasteiger partial charge in [-0.05, 0) is 6.92 Å². The number of alkyl halides is 2. The highest BCUT2D eigenvalue weighted by Crippen LogP contribution is 2.12. The number of aliphatic hydroxyl groups is 1. The maximum atomic E-state index is 8.05. The van der Waals surface area contributed by atoms with Gasteiger partial charge in [0, 0.05) is 0 Å². The van der Waals surface area contributed by atoms with Crippen LogP contribution in [-0.4, -0.2) is 15.1 Å². The summed E-state index contributed by atoms with van der Waals surface area (Å²) in [6, 6.07) is 0. The lowest BCUT2D eigenvalue weighted by molar-refractivity contribution is 0.236. The molecule has 0 bridgehead atoms. The molecule has 7 heavy (non-hydrogen) atoms. The van der Waals surface area contributed by atoms with Crippen LogP contribution in [0.1, 0.15) is 6.92 Å². The fourth-order valence-corrected chi connectivity index (χ4v) is 0. The lowest BCUT2D eigenvalue weighted by Crippen LogP contribution is -2.00. The zero-order valence-corrected chi connectivity index (χ0v) is 5.94. The van der Waals surface area contributed by atoms with Crippen molar-refractivity contribution in [3.05, 3.63) is 0 Å². The fourth-order valence-electron chi connectivity index (χ4n) is 0. The molecule has 0 spiro atoms. The fraction of sp³-hybridized carbons (Fsp3) is 1.00. The van der Waals surface area contributed by atoms with Gasteiger partial charge >= 0.3 is 0 Å². The summed E-state index contributed by atoms with van der Waals surface area (Å²) in [6.07, 6.45) is 0. The Bertz CT molecular complexity index is 26.4. The van der Waals surface area contributed by atoms with E-state index in [-0.39, 0.29) is 17.9 Å². The van der Waals surface area contributed by atoms with Crippen molar-refractivity contribution < 1.29 is 10.6 Å². The minimum atomic E-state index is -1.56. The van der Waals surface area contributed by atoms with Gasteiger partial charge in [0.15, 0.2) is 0 Å². The predicted octanol–water partition coefficient (Wildman–Crippen LogP) is 0.727. The van der Waals surface area contributed by atoms with Crippen LogP contribution in [0, 0.1) is 0 Å². The highest BCUT2D eigenvalue weighted by Gasteiger charge is 2.05. The van der Waals surface area contributed by atoms with E-state index in [0.717, 1.165) is 0 Å². The molecule has 0 aliphatic rings. The Balaban J connectivity index is -0.0000000800. The minimum Gasteiger partial charge on any atom is -0.412 e. The van der Waals surface area contributed by atoms with Gasteiger partial charge in [-0.2, -0.15) is 0 Å². The first kappa shape index (κ1) is 15.7. The van der Waals surface area contributed by atoms with E-state index >= 15 is 0 Å². The normalized spacial score (nSPS) is 8.57. The SMILES string of the molecule is CC(O)(Cl)Cl.Cl.O. The van der Waals surface area contributed by atoms with E-state index in [0.29, 0.717) is 0 Å². The molecule has 0 heterocycles. The Morgan fingerprint density at radius 2 is 1.43 bits per heavy atom. The van der Waals surface area contributed by atoms with Crippen molar-refractivity contribution in [3.63, 3.8) is 0 Å². The van der Waals surface area contributed by atoms with Crippen LogP contribution in [-0.2, 0) is 0 Å². The average Bonchev–Trinajstić information content (AvgIpc) is 0.722. The molecule has 0 atom stereocenters. The Kier molecular flexibility index (Phi) is 11.0. The molecule has 0 saturated carbocycles. The Morgan fingerprint density at radius 1 is 1.43 bits per heavy atom. The Labute approximate surface area is 58.1 Å². The van der Waals surface area contributed by atoms with Crippen molar-refractivity contribution >= 4 is 35.6 Å². The van der Waals surface area contributed by atoms with Gasteiger partial charge in [-0.3, -0.25) is 0 Å². The number of hydrogen-bond donors (Lipinski definition) is 1. The molecule has 3 N–H and O–H groups in total. The van der Waals surface area contributed by atoms with E-state index in [4.69, 9.17) is 28.3 Å². The highest BCUT2D eigenvalue weighted by molar-refractivity contribution is 6.46. The summed E-state index contributed by atoms with van der Waals surface area (Å²) in [7, 11) is 0. The van der Waals surface area contributed by atoms with Crippen LogP contribution in [0.3, 0.4) is 0 Å². The van der Waals surface area contributed by atoms with Crippen LogP contribution >= 0.6 is 35.6 Å². The topological polar surface area (TPSA) is 51.7 Å². The van der Waals surface area contributed by atoms with E-state index in [2.05, 4.69) is 0 Å². The quantitative estimate of drug-likeness (QED) is 0.534. The third-order valence-electron chi connectivity index (χ3n) is 0. The van der Waals surface area contributed by atoms with Gasteiger partial charge in [-0.25, -0.2) is 0 Å². The van der Waals surface area contributed by atoms with Crippen molar-refractivity contribution in [2.75, 3.05) is 0 Å². The van der Waals surface area contributed by atoms with Gasteiger partial charge in [0.25, 0.3) is 0 Å². The maximum Gasteiger partial charge on any atom is 0.212 e. The van der Waals surface area contributed by atoms with Gasteiger partial charge in [-0.1, -0.05) is 23.2 Å². The summed E-state index contributed by atoms with van der Waals surface area (Å²) >= 11 is 9.70. The lowest BCUT2D eigenvalue weighted by Gasteiger charge is -1.97. The molecule has 48 valence electrons. The molecule has 0 unspecified atom stereocenters. The Hall–Kier alpha value is 0.790. The second-order valence-corrected chi connectivity index (χ2v) is 2.51. The van der Waals surface area contributed by atoms with E-state index in [1.165, 1.54) is 6.92 Å². The highest BCUT2D eigenvalue weighted by atomic mass is 35.5. The van der Waals surface area contributed by atoms with E-state index in [1.807, 2.05) is 0 Å². The van der Waals surface area contributed by atoms with Crippen LogP contribution in [0.2, 0.25) is 0 Å². The van der Waals surface area contributed by atoms with Crippen molar-refractivity contribution in [1.82, 2.24) is 0 Å². The first-order valence-corrected chi connectivity index (χ1v) is 1.86. The third kappa shape index (κ3) is 250. The van der Waals surface area contributed by atoms with Crippen LogP contribution in [0.4, 0.5) is 0 Å². The summed E-state index contributed by atoms with van der Waals surface area (Å²) in [6.45, 7) is 1.27. The van der Waals surface area contributed by atoms with Gasteiger partial charge in [-0.15, -0.1) is 12.4 Å². The van der Waals surface area contributed by atoms with Crippen molar-refractivity contribution in [2.45, 2.75) is 11.4 Å². The molecule has 0 aromatic heterocycles. The zero-order chi connectivity index (χ0) is 4.50. The molecule has 5 heteroatoms. The summed E-state index contributed by atoms with van der Waals surface area (Å²) < 4.78 is -1.56. The molecule has 0 amide bonds. The predicted molar refractivity (Wildman–Crippen MR) is 33.2 cm³/mol. The molecule has 0 aromatic rings. The van der Waals surface area contributed by atoms with Gasteiger partial charge in [0.1, 0.15) is 0 Å². The summed E-state index contributed by atoms with van der Waals surface area (Å²) in [5.74, 6) is 0. The zero-order valence-electron chi connectivity index (χ0n) is 3.61. The first-order valence-electron chi connectivity index (χ1n) is 1.10. The number of hydrogen-bond acceptors (Lipinski definition) is 1. The molecule has 0 saturated heterocycles. The minimum absolute atomic E-state index is 0. The molecule has 0 aliphatic carbocycles. The van der Waals surface area contributed by atoms with Crippen LogP contribution in [0.15, 0.2) is 0 Å². The molecule has 0 rings (SSSR count). The van der Waals surface area contributed by atoms with Crippen LogP contribution in [0.5, 0.6) is 0 Å². The molecular formula is C2H7Cl3O2. The van der Waals surface area contributed by atoms with Crippen LogP contribution in [0.25, 0.3) is 0 Å². The maximum absolute atomic E-state index is 8.05. The van der Waals surface area contributed by atoms with E-state index in [1.54, 1.807) is 0 Å². The van der Waals surface area contributed by atoms with Gasteiger partial charge < -0.3 is 10.6 Å².